The van der Waals surface area contributed by atoms with Crippen molar-refractivity contribution in [1.82, 2.24) is 0 Å². The lowest BCUT2D eigenvalue weighted by atomic mass is 9.84. The van der Waals surface area contributed by atoms with E-state index in [0.29, 0.717) is 12.5 Å². The Bertz CT molecular complexity index is 441. The molecule has 2 nitrogen and oxygen atoms in total. The van der Waals surface area contributed by atoms with Crippen LogP contribution < -0.4 is 4.74 Å². The van der Waals surface area contributed by atoms with E-state index in [1.165, 1.54) is 56.1 Å². The minimum atomic E-state index is 0.316. The van der Waals surface area contributed by atoms with Gasteiger partial charge in [0, 0.05) is 6.61 Å². The van der Waals surface area contributed by atoms with Gasteiger partial charge >= 0.3 is 0 Å². The number of benzene rings is 1. The van der Waals surface area contributed by atoms with Crippen LogP contribution in [0.3, 0.4) is 0 Å². The molecule has 1 unspecified atom stereocenters. The molecule has 0 amide bonds. The van der Waals surface area contributed by atoms with Crippen LogP contribution in [0.2, 0.25) is 0 Å². The van der Waals surface area contributed by atoms with E-state index in [1.807, 2.05) is 0 Å². The van der Waals surface area contributed by atoms with Crippen LogP contribution in [0.25, 0.3) is 0 Å². The SMILES string of the molecule is CCCCCCCCCCOc1ccc2c(c1)CCC(CO)C2. The van der Waals surface area contributed by atoms with Crippen LogP contribution in [0.5, 0.6) is 5.75 Å². The Labute approximate surface area is 142 Å². The summed E-state index contributed by atoms with van der Waals surface area (Å²) in [6.45, 7) is 3.42. The van der Waals surface area contributed by atoms with Gasteiger partial charge in [-0.1, -0.05) is 57.9 Å². The summed E-state index contributed by atoms with van der Waals surface area (Å²) < 4.78 is 5.92. The molecule has 1 aliphatic rings. The van der Waals surface area contributed by atoms with Crippen LogP contribution in [-0.2, 0) is 12.8 Å². The van der Waals surface area contributed by atoms with E-state index in [-0.39, 0.29) is 0 Å². The third-order valence-corrected chi connectivity index (χ3v) is 5.03. The maximum absolute atomic E-state index is 9.29. The lowest BCUT2D eigenvalue weighted by molar-refractivity contribution is 0.213. The molecule has 0 spiro atoms. The highest BCUT2D eigenvalue weighted by Crippen LogP contribution is 2.28. The lowest BCUT2D eigenvalue weighted by Crippen LogP contribution is -2.17. The van der Waals surface area contributed by atoms with Gasteiger partial charge in [-0.3, -0.25) is 0 Å². The number of aliphatic hydroxyl groups excluding tert-OH is 1. The smallest absolute Gasteiger partial charge is 0.119 e. The summed E-state index contributed by atoms with van der Waals surface area (Å²) in [7, 11) is 0. The third-order valence-electron chi connectivity index (χ3n) is 5.03. The van der Waals surface area contributed by atoms with E-state index in [9.17, 15) is 5.11 Å². The molecule has 0 radical (unpaired) electrons. The molecule has 1 atom stereocenters. The van der Waals surface area contributed by atoms with Crippen LogP contribution in [-0.4, -0.2) is 18.3 Å². The average molecular weight is 319 g/mol. The molecule has 2 heteroatoms. The molecule has 0 bridgehead atoms. The third kappa shape index (κ3) is 6.55. The quantitative estimate of drug-likeness (QED) is 0.561. The summed E-state index contributed by atoms with van der Waals surface area (Å²) in [6.07, 6.45) is 13.9. The first-order valence-electron chi connectivity index (χ1n) is 9.69. The number of aryl methyl sites for hydroxylation is 1. The number of ether oxygens (including phenoxy) is 1. The summed E-state index contributed by atoms with van der Waals surface area (Å²) in [5.41, 5.74) is 2.82. The van der Waals surface area contributed by atoms with E-state index in [0.717, 1.165) is 38.0 Å². The molecule has 0 aliphatic heterocycles. The Morgan fingerprint density at radius 3 is 2.48 bits per heavy atom. The van der Waals surface area contributed by atoms with Gasteiger partial charge in [-0.15, -0.1) is 0 Å². The Morgan fingerprint density at radius 1 is 1.00 bits per heavy atom. The van der Waals surface area contributed by atoms with Gasteiger partial charge in [0.2, 0.25) is 0 Å². The van der Waals surface area contributed by atoms with Gasteiger partial charge < -0.3 is 9.84 Å². The Hall–Kier alpha value is -1.02. The second kappa shape index (κ2) is 10.7. The van der Waals surface area contributed by atoms with Gasteiger partial charge in [0.1, 0.15) is 5.75 Å². The van der Waals surface area contributed by atoms with Crippen molar-refractivity contribution in [3.63, 3.8) is 0 Å². The first-order chi connectivity index (χ1) is 11.3. The van der Waals surface area contributed by atoms with Gasteiger partial charge in [0.05, 0.1) is 6.61 Å². The average Bonchev–Trinajstić information content (AvgIpc) is 2.59. The maximum atomic E-state index is 9.29. The number of hydrogen-bond donors (Lipinski definition) is 1. The van der Waals surface area contributed by atoms with E-state index < -0.39 is 0 Å². The van der Waals surface area contributed by atoms with Crippen LogP contribution in [0.1, 0.15) is 75.8 Å². The normalized spacial score (nSPS) is 17.0. The number of rotatable bonds is 11. The summed E-state index contributed by atoms with van der Waals surface area (Å²) in [6, 6.07) is 6.51. The highest BCUT2D eigenvalue weighted by atomic mass is 16.5. The molecular formula is C21H34O2. The molecule has 0 saturated carbocycles. The molecule has 23 heavy (non-hydrogen) atoms. The van der Waals surface area contributed by atoms with Gasteiger partial charge in [-0.25, -0.2) is 0 Å². The second-order valence-electron chi connectivity index (χ2n) is 7.05. The van der Waals surface area contributed by atoms with Gasteiger partial charge in [0.25, 0.3) is 0 Å². The molecule has 1 N–H and O–H groups in total. The minimum absolute atomic E-state index is 0.316. The number of hydrogen-bond acceptors (Lipinski definition) is 2. The summed E-state index contributed by atoms with van der Waals surface area (Å²) in [4.78, 5) is 0. The van der Waals surface area contributed by atoms with E-state index in [1.54, 1.807) is 0 Å². The zero-order valence-electron chi connectivity index (χ0n) is 14.9. The van der Waals surface area contributed by atoms with Crippen LogP contribution >= 0.6 is 0 Å². The van der Waals surface area contributed by atoms with E-state index >= 15 is 0 Å². The molecule has 1 aromatic rings. The van der Waals surface area contributed by atoms with Crippen LogP contribution in [0.4, 0.5) is 0 Å². The van der Waals surface area contributed by atoms with Crippen molar-refractivity contribution < 1.29 is 9.84 Å². The number of unbranched alkanes of at least 4 members (excludes halogenated alkanes) is 7. The standard InChI is InChI=1S/C21H34O2/c1-2-3-4-5-6-7-8-9-14-23-21-13-12-19-15-18(17-22)10-11-20(19)16-21/h12-13,16,18,22H,2-11,14-15,17H2,1H3. The van der Waals surface area contributed by atoms with Crippen molar-refractivity contribution in [3.05, 3.63) is 29.3 Å². The first kappa shape index (κ1) is 18.3. The van der Waals surface area contributed by atoms with Crippen LogP contribution in [0, 0.1) is 5.92 Å². The van der Waals surface area contributed by atoms with E-state index in [2.05, 4.69) is 25.1 Å². The Balaban J connectivity index is 1.60. The van der Waals surface area contributed by atoms with Crippen molar-refractivity contribution in [2.75, 3.05) is 13.2 Å². The molecular weight excluding hydrogens is 284 g/mol. The zero-order chi connectivity index (χ0) is 16.3. The van der Waals surface area contributed by atoms with E-state index in [4.69, 9.17) is 4.74 Å². The lowest BCUT2D eigenvalue weighted by Gasteiger charge is -2.23. The zero-order valence-corrected chi connectivity index (χ0v) is 14.9. The summed E-state index contributed by atoms with van der Waals surface area (Å²) >= 11 is 0. The molecule has 0 fully saturated rings. The molecule has 0 aromatic heterocycles. The monoisotopic (exact) mass is 318 g/mol. The fourth-order valence-electron chi connectivity index (χ4n) is 3.48. The van der Waals surface area contributed by atoms with Crippen molar-refractivity contribution >= 4 is 0 Å². The van der Waals surface area contributed by atoms with Gasteiger partial charge in [-0.2, -0.15) is 0 Å². The Morgan fingerprint density at radius 2 is 1.74 bits per heavy atom. The van der Waals surface area contributed by atoms with Crippen molar-refractivity contribution in [2.45, 2.75) is 77.6 Å². The maximum Gasteiger partial charge on any atom is 0.119 e. The summed E-state index contributed by atoms with van der Waals surface area (Å²) in [5, 5.41) is 9.29. The van der Waals surface area contributed by atoms with Gasteiger partial charge in [0.15, 0.2) is 0 Å². The molecule has 1 aliphatic carbocycles. The Kier molecular flexibility index (Phi) is 8.52. The predicted molar refractivity (Wildman–Crippen MR) is 97.1 cm³/mol. The number of fused-ring (bicyclic) bond motifs is 1. The molecule has 1 aromatic carbocycles. The molecule has 130 valence electrons. The van der Waals surface area contributed by atoms with Crippen molar-refractivity contribution in [1.29, 1.82) is 0 Å². The van der Waals surface area contributed by atoms with Gasteiger partial charge in [-0.05, 0) is 54.9 Å². The topological polar surface area (TPSA) is 29.5 Å². The number of aliphatic hydroxyl groups is 1. The molecule has 2 rings (SSSR count). The largest absolute Gasteiger partial charge is 0.494 e. The fraction of sp³-hybridized carbons (Fsp3) is 0.714. The highest BCUT2D eigenvalue weighted by molar-refractivity contribution is 5.37. The predicted octanol–water partition coefficient (Wildman–Crippen LogP) is 5.30. The first-order valence-corrected chi connectivity index (χ1v) is 9.69. The van der Waals surface area contributed by atoms with Crippen LogP contribution in [0.15, 0.2) is 18.2 Å². The van der Waals surface area contributed by atoms with Crippen molar-refractivity contribution in [3.8, 4) is 5.75 Å². The molecule has 0 heterocycles. The second-order valence-corrected chi connectivity index (χ2v) is 7.05. The van der Waals surface area contributed by atoms with Crippen molar-refractivity contribution in [2.24, 2.45) is 5.92 Å². The highest BCUT2D eigenvalue weighted by Gasteiger charge is 2.18. The summed E-state index contributed by atoms with van der Waals surface area (Å²) in [5.74, 6) is 1.47. The fourth-order valence-corrected chi connectivity index (χ4v) is 3.48. The minimum Gasteiger partial charge on any atom is -0.494 e. The molecule has 0 saturated heterocycles.